The third-order valence-electron chi connectivity index (χ3n) is 1.98. The maximum Gasteiger partial charge on any atom is 0.0840 e. The van der Waals surface area contributed by atoms with Crippen LogP contribution in [0.25, 0.3) is 0 Å². The second-order valence-corrected chi connectivity index (χ2v) is 3.63. The van der Waals surface area contributed by atoms with Gasteiger partial charge in [-0.3, -0.25) is 0 Å². The van der Waals surface area contributed by atoms with E-state index in [-0.39, 0.29) is 0 Å². The Hall–Kier alpha value is -1.02. The molecule has 0 spiro atoms. The molecule has 0 radical (unpaired) electrons. The van der Waals surface area contributed by atoms with Crippen LogP contribution in [0.1, 0.15) is 25.0 Å². The second kappa shape index (κ2) is 2.79. The molecule has 12 heavy (non-hydrogen) atoms. The molecule has 2 heteroatoms. The summed E-state index contributed by atoms with van der Waals surface area (Å²) in [7, 11) is 0. The van der Waals surface area contributed by atoms with Crippen LogP contribution in [-0.4, -0.2) is 5.11 Å². The maximum absolute atomic E-state index is 9.66. The highest BCUT2D eigenvalue weighted by Gasteiger charge is 2.15. The molecule has 2 nitrogen and oxygen atoms in total. The fraction of sp³-hybridized carbons (Fsp3) is 0.400. The summed E-state index contributed by atoms with van der Waals surface area (Å²) in [6, 6.07) is 5.58. The Kier molecular flexibility index (Phi) is 2.11. The first kappa shape index (κ1) is 9.07. The van der Waals surface area contributed by atoms with E-state index in [1.165, 1.54) is 0 Å². The van der Waals surface area contributed by atoms with Gasteiger partial charge in [0, 0.05) is 5.69 Å². The van der Waals surface area contributed by atoms with Gasteiger partial charge in [0.05, 0.1) is 5.60 Å². The molecular weight excluding hydrogens is 150 g/mol. The minimum atomic E-state index is -0.779. The Morgan fingerprint density at radius 1 is 1.33 bits per heavy atom. The predicted molar refractivity (Wildman–Crippen MR) is 50.8 cm³/mol. The van der Waals surface area contributed by atoms with Crippen LogP contribution in [-0.2, 0) is 5.60 Å². The highest BCUT2D eigenvalue weighted by atomic mass is 16.3. The van der Waals surface area contributed by atoms with E-state index in [0.717, 1.165) is 16.8 Å². The Morgan fingerprint density at radius 3 is 2.33 bits per heavy atom. The normalized spacial score (nSPS) is 11.7. The molecule has 0 amide bonds. The summed E-state index contributed by atoms with van der Waals surface area (Å²) in [5.41, 5.74) is 7.54. The summed E-state index contributed by atoms with van der Waals surface area (Å²) >= 11 is 0. The van der Waals surface area contributed by atoms with Crippen LogP contribution >= 0.6 is 0 Å². The fourth-order valence-corrected chi connectivity index (χ4v) is 1.06. The third-order valence-corrected chi connectivity index (χ3v) is 1.98. The van der Waals surface area contributed by atoms with Crippen molar-refractivity contribution in [1.82, 2.24) is 0 Å². The number of nitrogen functional groups attached to an aromatic ring is 1. The van der Waals surface area contributed by atoms with Crippen molar-refractivity contribution in [3.8, 4) is 0 Å². The summed E-state index contributed by atoms with van der Waals surface area (Å²) in [6.07, 6.45) is 0. The zero-order valence-electron chi connectivity index (χ0n) is 7.76. The molecular formula is C10H15NO. The first-order chi connectivity index (χ1) is 5.41. The van der Waals surface area contributed by atoms with Crippen LogP contribution in [0.15, 0.2) is 18.2 Å². The van der Waals surface area contributed by atoms with Gasteiger partial charge in [-0.15, -0.1) is 0 Å². The van der Waals surface area contributed by atoms with E-state index in [0.29, 0.717) is 0 Å². The molecule has 0 aliphatic carbocycles. The highest BCUT2D eigenvalue weighted by molar-refractivity contribution is 5.48. The number of hydrogen-bond acceptors (Lipinski definition) is 2. The van der Waals surface area contributed by atoms with E-state index in [1.807, 2.05) is 25.1 Å². The van der Waals surface area contributed by atoms with Gasteiger partial charge >= 0.3 is 0 Å². The number of hydrogen-bond donors (Lipinski definition) is 2. The number of aliphatic hydroxyl groups is 1. The minimum Gasteiger partial charge on any atom is -0.399 e. The molecule has 0 atom stereocenters. The van der Waals surface area contributed by atoms with Crippen molar-refractivity contribution in [2.45, 2.75) is 26.4 Å². The molecule has 1 rings (SSSR count). The smallest absolute Gasteiger partial charge is 0.0840 e. The minimum absolute atomic E-state index is 0.767. The van der Waals surface area contributed by atoms with Gasteiger partial charge in [0.15, 0.2) is 0 Å². The van der Waals surface area contributed by atoms with Gasteiger partial charge in [0.2, 0.25) is 0 Å². The zero-order chi connectivity index (χ0) is 9.35. The van der Waals surface area contributed by atoms with Crippen molar-refractivity contribution in [2.75, 3.05) is 5.73 Å². The standard InChI is InChI=1S/C10H15NO/c1-7-6-8(10(2,3)12)4-5-9(7)11/h4-6,12H,11H2,1-3H3. The summed E-state index contributed by atoms with van der Waals surface area (Å²) < 4.78 is 0. The van der Waals surface area contributed by atoms with Gasteiger partial charge in [0.25, 0.3) is 0 Å². The largest absolute Gasteiger partial charge is 0.399 e. The maximum atomic E-state index is 9.66. The second-order valence-electron chi connectivity index (χ2n) is 3.63. The van der Waals surface area contributed by atoms with Crippen molar-refractivity contribution in [2.24, 2.45) is 0 Å². The van der Waals surface area contributed by atoms with Crippen LogP contribution in [0.2, 0.25) is 0 Å². The van der Waals surface area contributed by atoms with Crippen LogP contribution in [0.3, 0.4) is 0 Å². The average molecular weight is 165 g/mol. The zero-order valence-corrected chi connectivity index (χ0v) is 7.76. The van der Waals surface area contributed by atoms with Gasteiger partial charge in [-0.1, -0.05) is 12.1 Å². The molecule has 0 aromatic heterocycles. The van der Waals surface area contributed by atoms with Crippen molar-refractivity contribution in [3.05, 3.63) is 29.3 Å². The fourth-order valence-electron chi connectivity index (χ4n) is 1.06. The molecule has 3 N–H and O–H groups in total. The Morgan fingerprint density at radius 2 is 1.92 bits per heavy atom. The van der Waals surface area contributed by atoms with E-state index >= 15 is 0 Å². The molecule has 0 aliphatic rings. The van der Waals surface area contributed by atoms with Crippen LogP contribution in [0.5, 0.6) is 0 Å². The molecule has 0 unspecified atom stereocenters. The van der Waals surface area contributed by atoms with Crippen molar-refractivity contribution >= 4 is 5.69 Å². The SMILES string of the molecule is Cc1cc(C(C)(C)O)ccc1N. The Bertz CT molecular complexity index is 286. The topological polar surface area (TPSA) is 46.2 Å². The molecule has 0 heterocycles. The quantitative estimate of drug-likeness (QED) is 0.623. The molecule has 1 aromatic rings. The lowest BCUT2D eigenvalue weighted by Crippen LogP contribution is -2.15. The van der Waals surface area contributed by atoms with E-state index in [1.54, 1.807) is 13.8 Å². The summed E-state index contributed by atoms with van der Waals surface area (Å²) in [6.45, 7) is 5.46. The molecule has 0 bridgehead atoms. The predicted octanol–water partition coefficient (Wildman–Crippen LogP) is 1.80. The molecule has 0 fully saturated rings. The molecule has 0 saturated heterocycles. The molecule has 66 valence electrons. The van der Waals surface area contributed by atoms with Crippen molar-refractivity contribution < 1.29 is 5.11 Å². The van der Waals surface area contributed by atoms with Crippen LogP contribution in [0, 0.1) is 6.92 Å². The van der Waals surface area contributed by atoms with Crippen LogP contribution in [0.4, 0.5) is 5.69 Å². The highest BCUT2D eigenvalue weighted by Crippen LogP contribution is 2.22. The third kappa shape index (κ3) is 1.77. The molecule has 0 saturated carbocycles. The van der Waals surface area contributed by atoms with Crippen molar-refractivity contribution in [1.29, 1.82) is 0 Å². The van der Waals surface area contributed by atoms with Gasteiger partial charge in [-0.25, -0.2) is 0 Å². The monoisotopic (exact) mass is 165 g/mol. The summed E-state index contributed by atoms with van der Waals surface area (Å²) in [4.78, 5) is 0. The number of nitrogens with two attached hydrogens (primary N) is 1. The number of benzene rings is 1. The molecule has 1 aromatic carbocycles. The first-order valence-electron chi connectivity index (χ1n) is 4.00. The summed E-state index contributed by atoms with van der Waals surface area (Å²) in [5.74, 6) is 0. The van der Waals surface area contributed by atoms with E-state index in [2.05, 4.69) is 0 Å². The number of anilines is 1. The lowest BCUT2D eigenvalue weighted by molar-refractivity contribution is 0.0785. The van der Waals surface area contributed by atoms with Gasteiger partial charge < -0.3 is 10.8 Å². The number of rotatable bonds is 1. The number of aryl methyl sites for hydroxylation is 1. The van der Waals surface area contributed by atoms with Crippen molar-refractivity contribution in [3.63, 3.8) is 0 Å². The lowest BCUT2D eigenvalue weighted by atomic mass is 9.96. The van der Waals surface area contributed by atoms with E-state index in [9.17, 15) is 5.11 Å². The molecule has 0 aliphatic heterocycles. The van der Waals surface area contributed by atoms with E-state index in [4.69, 9.17) is 5.73 Å². The van der Waals surface area contributed by atoms with Gasteiger partial charge in [0.1, 0.15) is 0 Å². The average Bonchev–Trinajstić information content (AvgIpc) is 1.92. The first-order valence-corrected chi connectivity index (χ1v) is 4.00. The Labute approximate surface area is 73.0 Å². The van der Waals surface area contributed by atoms with Crippen LogP contribution < -0.4 is 5.73 Å². The van der Waals surface area contributed by atoms with E-state index < -0.39 is 5.60 Å². The van der Waals surface area contributed by atoms with Gasteiger partial charge in [-0.2, -0.15) is 0 Å². The summed E-state index contributed by atoms with van der Waals surface area (Å²) in [5, 5.41) is 9.66. The lowest BCUT2D eigenvalue weighted by Gasteiger charge is -2.18. The Balaban J connectivity index is 3.14. The van der Waals surface area contributed by atoms with Gasteiger partial charge in [-0.05, 0) is 38.0 Å².